The fourth-order valence-electron chi connectivity index (χ4n) is 2.38. The molecular formula is C14H22N2. The number of rotatable bonds is 4. The maximum absolute atomic E-state index is 6.00. The summed E-state index contributed by atoms with van der Waals surface area (Å²) in [6.07, 6.45) is 4.20. The summed E-state index contributed by atoms with van der Waals surface area (Å²) in [5.74, 6) is 0.895. The number of benzene rings is 1. The molecule has 1 aromatic carbocycles. The average Bonchev–Trinajstić information content (AvgIpc) is 2.23. The molecule has 0 heterocycles. The van der Waals surface area contributed by atoms with Gasteiger partial charge in [0.25, 0.3) is 0 Å². The van der Waals surface area contributed by atoms with Gasteiger partial charge in [-0.25, -0.2) is 0 Å². The van der Waals surface area contributed by atoms with Crippen LogP contribution in [0.4, 0.5) is 5.69 Å². The lowest BCUT2D eigenvalue weighted by Crippen LogP contribution is -2.30. The van der Waals surface area contributed by atoms with Gasteiger partial charge in [-0.2, -0.15) is 0 Å². The summed E-state index contributed by atoms with van der Waals surface area (Å²) >= 11 is 0. The quantitative estimate of drug-likeness (QED) is 0.842. The van der Waals surface area contributed by atoms with Gasteiger partial charge in [-0.15, -0.1) is 0 Å². The first-order chi connectivity index (χ1) is 7.68. The second kappa shape index (κ2) is 4.88. The van der Waals surface area contributed by atoms with E-state index in [1.54, 1.807) is 0 Å². The molecule has 1 atom stereocenters. The Morgan fingerprint density at radius 3 is 2.62 bits per heavy atom. The molecule has 2 heteroatoms. The van der Waals surface area contributed by atoms with Crippen LogP contribution >= 0.6 is 0 Å². The molecule has 0 amide bonds. The van der Waals surface area contributed by atoms with Gasteiger partial charge in [0.1, 0.15) is 0 Å². The van der Waals surface area contributed by atoms with Gasteiger partial charge in [0.2, 0.25) is 0 Å². The van der Waals surface area contributed by atoms with E-state index in [9.17, 15) is 0 Å². The molecule has 1 fully saturated rings. The summed E-state index contributed by atoms with van der Waals surface area (Å²) < 4.78 is 0. The number of hydrogen-bond acceptors (Lipinski definition) is 2. The average molecular weight is 218 g/mol. The number of para-hydroxylation sites is 1. The predicted molar refractivity (Wildman–Crippen MR) is 69.7 cm³/mol. The van der Waals surface area contributed by atoms with E-state index >= 15 is 0 Å². The molecule has 2 N–H and O–H groups in total. The maximum Gasteiger partial charge on any atom is 0.0412 e. The van der Waals surface area contributed by atoms with Crippen molar-refractivity contribution in [3.05, 3.63) is 29.8 Å². The minimum atomic E-state index is 0.111. The molecule has 1 aliphatic carbocycles. The molecular weight excluding hydrogens is 196 g/mol. The Hall–Kier alpha value is -1.02. The normalized spacial score (nSPS) is 17.9. The molecule has 0 aliphatic heterocycles. The van der Waals surface area contributed by atoms with Gasteiger partial charge >= 0.3 is 0 Å². The highest BCUT2D eigenvalue weighted by atomic mass is 15.1. The van der Waals surface area contributed by atoms with Crippen molar-refractivity contribution in [2.75, 3.05) is 18.5 Å². The molecule has 2 nitrogen and oxygen atoms in total. The van der Waals surface area contributed by atoms with Crippen LogP contribution in [0.1, 0.15) is 37.8 Å². The lowest BCUT2D eigenvalue weighted by molar-refractivity contribution is 0.321. The zero-order valence-electron chi connectivity index (χ0n) is 10.3. The van der Waals surface area contributed by atoms with Gasteiger partial charge in [0.05, 0.1) is 0 Å². The Kier molecular flexibility index (Phi) is 3.49. The van der Waals surface area contributed by atoms with Crippen LogP contribution < -0.4 is 10.6 Å². The molecule has 0 unspecified atom stereocenters. The molecule has 0 aromatic heterocycles. The molecule has 0 radical (unpaired) electrons. The molecule has 1 aliphatic rings. The van der Waals surface area contributed by atoms with Crippen molar-refractivity contribution in [1.82, 2.24) is 0 Å². The van der Waals surface area contributed by atoms with Gasteiger partial charge < -0.3 is 10.6 Å². The SMILES string of the molecule is C[C@@H](N)c1ccccc1N(C)CC1CCC1. The summed E-state index contributed by atoms with van der Waals surface area (Å²) in [6, 6.07) is 8.59. The van der Waals surface area contributed by atoms with Gasteiger partial charge in [0, 0.05) is 25.3 Å². The standard InChI is InChI=1S/C14H22N2/c1-11(15)13-8-3-4-9-14(13)16(2)10-12-6-5-7-12/h3-4,8-9,11-12H,5-7,10,15H2,1-2H3/t11-/m1/s1. The molecule has 0 saturated heterocycles. The van der Waals surface area contributed by atoms with E-state index in [2.05, 4.69) is 43.1 Å². The summed E-state index contributed by atoms with van der Waals surface area (Å²) in [4.78, 5) is 2.36. The summed E-state index contributed by atoms with van der Waals surface area (Å²) in [7, 11) is 2.18. The lowest BCUT2D eigenvalue weighted by atomic mass is 9.85. The first-order valence-corrected chi connectivity index (χ1v) is 6.24. The Balaban J connectivity index is 2.11. The van der Waals surface area contributed by atoms with Crippen molar-refractivity contribution in [1.29, 1.82) is 0 Å². The third kappa shape index (κ3) is 2.38. The number of anilines is 1. The van der Waals surface area contributed by atoms with Gasteiger partial charge in [-0.3, -0.25) is 0 Å². The van der Waals surface area contributed by atoms with Crippen LogP contribution in [-0.4, -0.2) is 13.6 Å². The Bertz CT molecular complexity index is 342. The molecule has 1 aromatic rings. The number of nitrogens with two attached hydrogens (primary N) is 1. The van der Waals surface area contributed by atoms with Gasteiger partial charge in [-0.1, -0.05) is 24.6 Å². The van der Waals surface area contributed by atoms with E-state index in [0.717, 1.165) is 5.92 Å². The topological polar surface area (TPSA) is 29.3 Å². The van der Waals surface area contributed by atoms with Crippen LogP contribution in [0, 0.1) is 5.92 Å². The van der Waals surface area contributed by atoms with Crippen molar-refractivity contribution in [2.45, 2.75) is 32.2 Å². The van der Waals surface area contributed by atoms with Crippen molar-refractivity contribution in [3.8, 4) is 0 Å². The fourth-order valence-corrected chi connectivity index (χ4v) is 2.38. The van der Waals surface area contributed by atoms with E-state index in [0.29, 0.717) is 0 Å². The summed E-state index contributed by atoms with van der Waals surface area (Å²) in [6.45, 7) is 3.22. The predicted octanol–water partition coefficient (Wildman–Crippen LogP) is 2.94. The van der Waals surface area contributed by atoms with Crippen molar-refractivity contribution < 1.29 is 0 Å². The zero-order chi connectivity index (χ0) is 11.5. The van der Waals surface area contributed by atoms with Gasteiger partial charge in [-0.05, 0) is 37.3 Å². The summed E-state index contributed by atoms with van der Waals surface area (Å²) in [5.41, 5.74) is 8.55. The molecule has 2 rings (SSSR count). The summed E-state index contributed by atoms with van der Waals surface area (Å²) in [5, 5.41) is 0. The first kappa shape index (κ1) is 11.5. The van der Waals surface area contributed by atoms with Crippen LogP contribution in [0.3, 0.4) is 0 Å². The molecule has 88 valence electrons. The smallest absolute Gasteiger partial charge is 0.0412 e. The van der Waals surface area contributed by atoms with Crippen LogP contribution in [0.2, 0.25) is 0 Å². The highest BCUT2D eigenvalue weighted by Crippen LogP contribution is 2.30. The highest BCUT2D eigenvalue weighted by Gasteiger charge is 2.20. The maximum atomic E-state index is 6.00. The lowest BCUT2D eigenvalue weighted by Gasteiger charge is -2.32. The second-order valence-electron chi connectivity index (χ2n) is 5.02. The van der Waals surface area contributed by atoms with E-state index < -0.39 is 0 Å². The Morgan fingerprint density at radius 1 is 1.38 bits per heavy atom. The second-order valence-corrected chi connectivity index (χ2v) is 5.02. The van der Waals surface area contributed by atoms with E-state index in [1.807, 2.05) is 0 Å². The molecule has 0 spiro atoms. The van der Waals surface area contributed by atoms with Crippen LogP contribution in [0.5, 0.6) is 0 Å². The highest BCUT2D eigenvalue weighted by molar-refractivity contribution is 5.54. The zero-order valence-corrected chi connectivity index (χ0v) is 10.3. The van der Waals surface area contributed by atoms with E-state index in [4.69, 9.17) is 5.73 Å². The first-order valence-electron chi connectivity index (χ1n) is 6.24. The van der Waals surface area contributed by atoms with E-state index in [-0.39, 0.29) is 6.04 Å². The van der Waals surface area contributed by atoms with Crippen LogP contribution in [0.15, 0.2) is 24.3 Å². The third-order valence-electron chi connectivity index (χ3n) is 3.60. The number of nitrogens with zero attached hydrogens (tertiary/aromatic N) is 1. The Morgan fingerprint density at radius 2 is 2.06 bits per heavy atom. The third-order valence-corrected chi connectivity index (χ3v) is 3.60. The molecule has 16 heavy (non-hydrogen) atoms. The van der Waals surface area contributed by atoms with Crippen LogP contribution in [0.25, 0.3) is 0 Å². The minimum absolute atomic E-state index is 0.111. The minimum Gasteiger partial charge on any atom is -0.374 e. The largest absolute Gasteiger partial charge is 0.374 e. The van der Waals surface area contributed by atoms with Crippen LogP contribution in [-0.2, 0) is 0 Å². The van der Waals surface area contributed by atoms with Crippen molar-refractivity contribution >= 4 is 5.69 Å². The van der Waals surface area contributed by atoms with E-state index in [1.165, 1.54) is 37.1 Å². The molecule has 1 saturated carbocycles. The Labute approximate surface area is 98.4 Å². The monoisotopic (exact) mass is 218 g/mol. The van der Waals surface area contributed by atoms with Crippen molar-refractivity contribution in [2.24, 2.45) is 11.7 Å². The fraction of sp³-hybridized carbons (Fsp3) is 0.571. The van der Waals surface area contributed by atoms with Crippen molar-refractivity contribution in [3.63, 3.8) is 0 Å². The van der Waals surface area contributed by atoms with Gasteiger partial charge in [0.15, 0.2) is 0 Å². The number of hydrogen-bond donors (Lipinski definition) is 1. The molecule has 0 bridgehead atoms.